The Bertz CT molecular complexity index is 381. The Labute approximate surface area is 106 Å². The second-order valence-electron chi connectivity index (χ2n) is 4.85. The number of hydrogen-bond donors (Lipinski definition) is 1. The van der Waals surface area contributed by atoms with E-state index in [1.165, 1.54) is 11.3 Å². The van der Waals surface area contributed by atoms with Gasteiger partial charge >= 0.3 is 5.97 Å². The average molecular weight is 257 g/mol. The molecule has 1 rings (SSSR count). The number of carbonyl (C=O) groups excluding carboxylic acids is 1. The van der Waals surface area contributed by atoms with Gasteiger partial charge in [0, 0.05) is 10.8 Å². The third-order valence-electron chi connectivity index (χ3n) is 2.17. The van der Waals surface area contributed by atoms with Crippen LogP contribution in [-0.2, 0) is 14.9 Å². The molecule has 1 atom stereocenters. The van der Waals surface area contributed by atoms with Crippen molar-refractivity contribution in [3.8, 4) is 0 Å². The van der Waals surface area contributed by atoms with Gasteiger partial charge in [-0.1, -0.05) is 20.8 Å². The molecule has 0 aromatic carbocycles. The smallest absolute Gasteiger partial charge is 0.308 e. The average Bonchev–Trinajstić information content (AvgIpc) is 2.65. The van der Waals surface area contributed by atoms with Crippen LogP contribution in [0.5, 0.6) is 0 Å². The first-order chi connectivity index (χ1) is 7.84. The van der Waals surface area contributed by atoms with Crippen molar-refractivity contribution in [1.82, 2.24) is 4.98 Å². The zero-order valence-electron chi connectivity index (χ0n) is 10.7. The highest BCUT2D eigenvalue weighted by atomic mass is 32.1. The van der Waals surface area contributed by atoms with E-state index in [9.17, 15) is 9.90 Å². The van der Waals surface area contributed by atoms with Crippen LogP contribution in [0, 0.1) is 0 Å². The van der Waals surface area contributed by atoms with Crippen LogP contribution in [0.4, 0.5) is 0 Å². The lowest BCUT2D eigenvalue weighted by molar-refractivity contribution is -0.145. The molecule has 1 N–H and O–H groups in total. The Morgan fingerprint density at radius 2 is 2.24 bits per heavy atom. The summed E-state index contributed by atoms with van der Waals surface area (Å²) >= 11 is 1.50. The molecule has 0 aliphatic heterocycles. The number of rotatable bonds is 4. The summed E-state index contributed by atoms with van der Waals surface area (Å²) in [5, 5.41) is 12.6. The van der Waals surface area contributed by atoms with Crippen LogP contribution in [0.15, 0.2) is 5.38 Å². The van der Waals surface area contributed by atoms with E-state index >= 15 is 0 Å². The van der Waals surface area contributed by atoms with Gasteiger partial charge in [-0.05, 0) is 6.92 Å². The molecule has 0 spiro atoms. The fourth-order valence-electron chi connectivity index (χ4n) is 1.27. The predicted octanol–water partition coefficient (Wildman–Crippen LogP) is 2.43. The van der Waals surface area contributed by atoms with E-state index in [2.05, 4.69) is 25.8 Å². The van der Waals surface area contributed by atoms with Crippen LogP contribution in [0.2, 0.25) is 0 Å². The lowest BCUT2D eigenvalue weighted by atomic mass is 9.98. The quantitative estimate of drug-likeness (QED) is 0.842. The lowest BCUT2D eigenvalue weighted by Gasteiger charge is -2.14. The van der Waals surface area contributed by atoms with Crippen LogP contribution < -0.4 is 0 Å². The fraction of sp³-hybridized carbons (Fsp3) is 0.667. The number of aliphatic hydroxyl groups excluding tert-OH is 1. The number of esters is 1. The van der Waals surface area contributed by atoms with Gasteiger partial charge < -0.3 is 9.84 Å². The van der Waals surface area contributed by atoms with E-state index < -0.39 is 12.1 Å². The van der Waals surface area contributed by atoms with Crippen LogP contribution >= 0.6 is 11.3 Å². The first-order valence-corrected chi connectivity index (χ1v) is 6.52. The van der Waals surface area contributed by atoms with Crippen molar-refractivity contribution in [3.63, 3.8) is 0 Å². The van der Waals surface area contributed by atoms with Crippen molar-refractivity contribution in [1.29, 1.82) is 0 Å². The molecule has 5 heteroatoms. The number of carbonyl (C=O) groups is 1. The standard InChI is InChI=1S/C12H19NO3S/c1-5-16-10(15)6-9(14)8-7-17-11(13-8)12(2,3)4/h7,9,14H,5-6H2,1-4H3. The molecule has 1 aromatic heterocycles. The predicted molar refractivity (Wildman–Crippen MR) is 67.0 cm³/mol. The maximum atomic E-state index is 11.2. The highest BCUT2D eigenvalue weighted by Gasteiger charge is 2.22. The SMILES string of the molecule is CCOC(=O)CC(O)c1csc(C(C)(C)C)n1. The molecule has 96 valence electrons. The van der Waals surface area contributed by atoms with Crippen LogP contribution in [-0.4, -0.2) is 22.7 Å². The molecule has 1 heterocycles. The molecule has 0 amide bonds. The van der Waals surface area contributed by atoms with E-state index in [-0.39, 0.29) is 11.8 Å². The molecule has 17 heavy (non-hydrogen) atoms. The number of nitrogens with zero attached hydrogens (tertiary/aromatic N) is 1. The van der Waals surface area contributed by atoms with Crippen molar-refractivity contribution < 1.29 is 14.6 Å². The van der Waals surface area contributed by atoms with Crippen molar-refractivity contribution in [2.75, 3.05) is 6.61 Å². The second kappa shape index (κ2) is 5.60. The minimum atomic E-state index is -0.874. The van der Waals surface area contributed by atoms with Crippen LogP contribution in [0.3, 0.4) is 0 Å². The first-order valence-electron chi connectivity index (χ1n) is 5.64. The summed E-state index contributed by atoms with van der Waals surface area (Å²) < 4.78 is 4.78. The number of thiazole rings is 1. The number of aromatic nitrogens is 1. The number of aliphatic hydroxyl groups is 1. The summed E-state index contributed by atoms with van der Waals surface area (Å²) in [6, 6.07) is 0. The summed E-state index contributed by atoms with van der Waals surface area (Å²) in [7, 11) is 0. The normalized spacial score (nSPS) is 13.5. The maximum Gasteiger partial charge on any atom is 0.308 e. The summed E-state index contributed by atoms with van der Waals surface area (Å²) in [6.07, 6.45) is -0.914. The van der Waals surface area contributed by atoms with Gasteiger partial charge in [-0.3, -0.25) is 4.79 Å². The summed E-state index contributed by atoms with van der Waals surface area (Å²) in [5.74, 6) is -0.398. The molecule has 0 saturated carbocycles. The molecule has 0 saturated heterocycles. The summed E-state index contributed by atoms with van der Waals surface area (Å²) in [5.41, 5.74) is 0.514. The van der Waals surface area contributed by atoms with Gasteiger partial charge in [-0.15, -0.1) is 11.3 Å². The molecule has 0 bridgehead atoms. The summed E-state index contributed by atoms with van der Waals surface area (Å²) in [6.45, 7) is 8.26. The Morgan fingerprint density at radius 3 is 2.71 bits per heavy atom. The van der Waals surface area contributed by atoms with Gasteiger partial charge in [0.15, 0.2) is 0 Å². The second-order valence-corrected chi connectivity index (χ2v) is 5.71. The van der Waals surface area contributed by atoms with Gasteiger partial charge in [0.25, 0.3) is 0 Å². The Morgan fingerprint density at radius 1 is 1.59 bits per heavy atom. The van der Waals surface area contributed by atoms with Crippen molar-refractivity contribution in [3.05, 3.63) is 16.1 Å². The zero-order chi connectivity index (χ0) is 13.1. The Kier molecular flexibility index (Phi) is 4.65. The first kappa shape index (κ1) is 14.1. The van der Waals surface area contributed by atoms with E-state index in [4.69, 9.17) is 4.74 Å². The highest BCUT2D eigenvalue weighted by molar-refractivity contribution is 7.09. The van der Waals surface area contributed by atoms with Crippen LogP contribution in [0.25, 0.3) is 0 Å². The third kappa shape index (κ3) is 4.09. The molecule has 1 unspecified atom stereocenters. The monoisotopic (exact) mass is 257 g/mol. The molecule has 4 nitrogen and oxygen atoms in total. The molecule has 0 fully saturated rings. The molecule has 0 radical (unpaired) electrons. The number of hydrogen-bond acceptors (Lipinski definition) is 5. The van der Waals surface area contributed by atoms with Crippen molar-refractivity contribution in [2.24, 2.45) is 0 Å². The highest BCUT2D eigenvalue weighted by Crippen LogP contribution is 2.28. The molecule has 0 aliphatic carbocycles. The van der Waals surface area contributed by atoms with Gasteiger partial charge in [0.05, 0.1) is 23.7 Å². The van der Waals surface area contributed by atoms with Crippen molar-refractivity contribution >= 4 is 17.3 Å². The maximum absolute atomic E-state index is 11.2. The lowest BCUT2D eigenvalue weighted by Crippen LogP contribution is -2.13. The van der Waals surface area contributed by atoms with Crippen molar-refractivity contribution in [2.45, 2.75) is 45.6 Å². The minimum Gasteiger partial charge on any atom is -0.466 e. The number of ether oxygens (including phenoxy) is 1. The van der Waals surface area contributed by atoms with Gasteiger partial charge in [-0.2, -0.15) is 0 Å². The van der Waals surface area contributed by atoms with E-state index in [0.29, 0.717) is 12.3 Å². The Hall–Kier alpha value is -0.940. The van der Waals surface area contributed by atoms with E-state index in [1.807, 2.05) is 0 Å². The zero-order valence-corrected chi connectivity index (χ0v) is 11.5. The molecular formula is C12H19NO3S. The summed E-state index contributed by atoms with van der Waals surface area (Å²) in [4.78, 5) is 15.6. The van der Waals surface area contributed by atoms with Crippen LogP contribution in [0.1, 0.15) is 50.9 Å². The molecule has 0 aliphatic rings. The molecule has 1 aromatic rings. The fourth-order valence-corrected chi connectivity index (χ4v) is 2.22. The van der Waals surface area contributed by atoms with E-state index in [1.54, 1.807) is 12.3 Å². The largest absolute Gasteiger partial charge is 0.466 e. The molecular weight excluding hydrogens is 238 g/mol. The van der Waals surface area contributed by atoms with E-state index in [0.717, 1.165) is 5.01 Å². The van der Waals surface area contributed by atoms with Gasteiger partial charge in [0.1, 0.15) is 6.10 Å². The third-order valence-corrected chi connectivity index (χ3v) is 3.46. The Balaban J connectivity index is 2.67. The topological polar surface area (TPSA) is 59.4 Å². The van der Waals surface area contributed by atoms with Gasteiger partial charge in [-0.25, -0.2) is 4.98 Å². The minimum absolute atomic E-state index is 0.0352. The van der Waals surface area contributed by atoms with Gasteiger partial charge in [0.2, 0.25) is 0 Å².